The van der Waals surface area contributed by atoms with E-state index in [0.29, 0.717) is 16.4 Å². The van der Waals surface area contributed by atoms with Crippen LogP contribution in [0, 0.1) is 0 Å². The first-order valence-corrected chi connectivity index (χ1v) is 9.09. The van der Waals surface area contributed by atoms with Gasteiger partial charge >= 0.3 is 0 Å². The summed E-state index contributed by atoms with van der Waals surface area (Å²) < 4.78 is 0.831. The second kappa shape index (κ2) is 7.96. The maximum atomic E-state index is 12.4. The number of rotatable bonds is 5. The van der Waals surface area contributed by atoms with Crippen molar-refractivity contribution in [3.63, 3.8) is 0 Å². The zero-order valence-electron chi connectivity index (χ0n) is 14.8. The molecule has 0 bridgehead atoms. The van der Waals surface area contributed by atoms with Gasteiger partial charge in [0, 0.05) is 18.2 Å². The lowest BCUT2D eigenvalue weighted by Crippen LogP contribution is -2.41. The largest absolute Gasteiger partial charge is 0.341 e. The summed E-state index contributed by atoms with van der Waals surface area (Å²) in [7, 11) is 0. The van der Waals surface area contributed by atoms with E-state index in [1.54, 1.807) is 49.4 Å². The Balaban J connectivity index is 1.66. The lowest BCUT2D eigenvalue weighted by Gasteiger charge is -2.14. The summed E-state index contributed by atoms with van der Waals surface area (Å²) in [6, 6.07) is 13.3. The average molecular weight is 382 g/mol. The highest BCUT2D eigenvalue weighted by Gasteiger charge is 2.17. The predicted molar refractivity (Wildman–Crippen MR) is 106 cm³/mol. The molecular weight excluding hydrogens is 364 g/mol. The molecule has 0 saturated heterocycles. The van der Waals surface area contributed by atoms with Crippen molar-refractivity contribution in [3.8, 4) is 0 Å². The van der Waals surface area contributed by atoms with Gasteiger partial charge in [-0.15, -0.1) is 0 Å². The van der Waals surface area contributed by atoms with Crippen LogP contribution < -0.4 is 16.0 Å². The molecule has 7 nitrogen and oxygen atoms in total. The van der Waals surface area contributed by atoms with E-state index in [1.165, 1.54) is 18.3 Å². The number of amides is 3. The zero-order chi connectivity index (χ0) is 19.4. The molecule has 138 valence electrons. The third-order valence-corrected chi connectivity index (χ3v) is 4.65. The standard InChI is InChI=1S/C19H18N4O3S/c1-11(20-18(26)13-6-4-3-5-7-13)17(25)22-14-8-9-15-16(10-14)27-19(23-15)21-12(2)24/h3-11H,1-2H3,(H,20,26)(H,22,25)(H,21,23,24). The van der Waals surface area contributed by atoms with Gasteiger partial charge in [-0.05, 0) is 37.3 Å². The van der Waals surface area contributed by atoms with Gasteiger partial charge in [0.1, 0.15) is 6.04 Å². The van der Waals surface area contributed by atoms with Crippen LogP contribution in [0.5, 0.6) is 0 Å². The van der Waals surface area contributed by atoms with Gasteiger partial charge < -0.3 is 16.0 Å². The van der Waals surface area contributed by atoms with Crippen LogP contribution in [0.2, 0.25) is 0 Å². The van der Waals surface area contributed by atoms with Gasteiger partial charge in [0.25, 0.3) is 5.91 Å². The number of hydrogen-bond acceptors (Lipinski definition) is 5. The Labute approximate surface area is 159 Å². The molecule has 0 spiro atoms. The Bertz CT molecular complexity index is 1000. The van der Waals surface area contributed by atoms with Crippen LogP contribution in [-0.4, -0.2) is 28.7 Å². The highest BCUT2D eigenvalue weighted by molar-refractivity contribution is 7.22. The molecule has 0 saturated carbocycles. The summed E-state index contributed by atoms with van der Waals surface area (Å²) in [5.74, 6) is -0.827. The fourth-order valence-corrected chi connectivity index (χ4v) is 3.34. The lowest BCUT2D eigenvalue weighted by molar-refractivity contribution is -0.117. The van der Waals surface area contributed by atoms with Crippen LogP contribution in [0.25, 0.3) is 10.2 Å². The van der Waals surface area contributed by atoms with Crippen LogP contribution in [0.3, 0.4) is 0 Å². The van der Waals surface area contributed by atoms with E-state index in [0.717, 1.165) is 10.2 Å². The predicted octanol–water partition coefficient (Wildman–Crippen LogP) is 3.01. The van der Waals surface area contributed by atoms with Gasteiger partial charge in [-0.25, -0.2) is 4.98 Å². The maximum absolute atomic E-state index is 12.4. The van der Waals surface area contributed by atoms with Crippen molar-refractivity contribution < 1.29 is 14.4 Å². The van der Waals surface area contributed by atoms with E-state index >= 15 is 0 Å². The van der Waals surface area contributed by atoms with Gasteiger partial charge in [0.05, 0.1) is 10.2 Å². The highest BCUT2D eigenvalue weighted by Crippen LogP contribution is 2.28. The molecule has 0 aliphatic rings. The quantitative estimate of drug-likeness (QED) is 0.631. The fourth-order valence-electron chi connectivity index (χ4n) is 2.39. The topological polar surface area (TPSA) is 100 Å². The first kappa shape index (κ1) is 18.5. The van der Waals surface area contributed by atoms with Crippen LogP contribution in [0.4, 0.5) is 10.8 Å². The van der Waals surface area contributed by atoms with Crippen molar-refractivity contribution in [1.82, 2.24) is 10.3 Å². The molecule has 2 aromatic carbocycles. The molecule has 1 unspecified atom stereocenters. The normalized spacial score (nSPS) is 11.6. The number of carbonyl (C=O) groups excluding carboxylic acids is 3. The minimum absolute atomic E-state index is 0.189. The summed E-state index contributed by atoms with van der Waals surface area (Å²) in [6.45, 7) is 3.04. The van der Waals surface area contributed by atoms with Gasteiger partial charge in [0.15, 0.2) is 5.13 Å². The summed E-state index contributed by atoms with van der Waals surface area (Å²) >= 11 is 1.32. The molecule has 1 heterocycles. The number of benzene rings is 2. The monoisotopic (exact) mass is 382 g/mol. The number of aromatic nitrogens is 1. The van der Waals surface area contributed by atoms with Crippen molar-refractivity contribution in [2.24, 2.45) is 0 Å². The molecular formula is C19H18N4O3S. The molecule has 8 heteroatoms. The molecule has 3 aromatic rings. The second-order valence-electron chi connectivity index (χ2n) is 5.93. The summed E-state index contributed by atoms with van der Waals surface area (Å²) in [5, 5.41) is 8.60. The van der Waals surface area contributed by atoms with Crippen LogP contribution >= 0.6 is 11.3 Å². The average Bonchev–Trinajstić information content (AvgIpc) is 3.03. The fraction of sp³-hybridized carbons (Fsp3) is 0.158. The number of nitrogens with zero attached hydrogens (tertiary/aromatic N) is 1. The van der Waals surface area contributed by atoms with Crippen LogP contribution in [0.1, 0.15) is 24.2 Å². The maximum Gasteiger partial charge on any atom is 0.251 e. The number of thiazole rings is 1. The Morgan fingerprint density at radius 1 is 1.04 bits per heavy atom. The van der Waals surface area contributed by atoms with E-state index < -0.39 is 6.04 Å². The summed E-state index contributed by atoms with van der Waals surface area (Å²) in [4.78, 5) is 39.9. The molecule has 0 fully saturated rings. The minimum Gasteiger partial charge on any atom is -0.341 e. The van der Waals surface area contributed by atoms with Crippen molar-refractivity contribution >= 4 is 50.1 Å². The Morgan fingerprint density at radius 3 is 2.48 bits per heavy atom. The van der Waals surface area contributed by atoms with E-state index in [4.69, 9.17) is 0 Å². The molecule has 0 aliphatic carbocycles. The molecule has 1 atom stereocenters. The van der Waals surface area contributed by atoms with E-state index in [2.05, 4.69) is 20.9 Å². The van der Waals surface area contributed by atoms with E-state index in [-0.39, 0.29) is 17.7 Å². The third-order valence-electron chi connectivity index (χ3n) is 3.72. The third kappa shape index (κ3) is 4.68. The smallest absolute Gasteiger partial charge is 0.251 e. The van der Waals surface area contributed by atoms with E-state index in [9.17, 15) is 14.4 Å². The van der Waals surface area contributed by atoms with Gasteiger partial charge in [-0.1, -0.05) is 29.5 Å². The summed E-state index contributed by atoms with van der Waals surface area (Å²) in [5.41, 5.74) is 1.81. The van der Waals surface area contributed by atoms with Crippen molar-refractivity contribution in [2.75, 3.05) is 10.6 Å². The minimum atomic E-state index is -0.704. The number of hydrogen-bond donors (Lipinski definition) is 3. The summed E-state index contributed by atoms with van der Waals surface area (Å²) in [6.07, 6.45) is 0. The van der Waals surface area contributed by atoms with E-state index in [1.807, 2.05) is 6.07 Å². The Hall–Kier alpha value is -3.26. The molecule has 1 aromatic heterocycles. The molecule has 0 radical (unpaired) electrons. The molecule has 3 amide bonds. The first-order valence-electron chi connectivity index (χ1n) is 8.27. The van der Waals surface area contributed by atoms with Crippen LogP contribution in [0.15, 0.2) is 48.5 Å². The van der Waals surface area contributed by atoms with Gasteiger partial charge in [-0.2, -0.15) is 0 Å². The number of carbonyl (C=O) groups is 3. The Morgan fingerprint density at radius 2 is 1.78 bits per heavy atom. The first-order chi connectivity index (χ1) is 12.9. The number of fused-ring (bicyclic) bond motifs is 1. The van der Waals surface area contributed by atoms with Gasteiger partial charge in [0.2, 0.25) is 11.8 Å². The SMILES string of the molecule is CC(=O)Nc1nc2ccc(NC(=O)C(C)NC(=O)c3ccccc3)cc2s1. The van der Waals surface area contributed by atoms with Crippen molar-refractivity contribution in [1.29, 1.82) is 0 Å². The van der Waals surface area contributed by atoms with Gasteiger partial charge in [-0.3, -0.25) is 14.4 Å². The molecule has 0 aliphatic heterocycles. The molecule has 3 N–H and O–H groups in total. The molecule has 27 heavy (non-hydrogen) atoms. The van der Waals surface area contributed by atoms with Crippen molar-refractivity contribution in [2.45, 2.75) is 19.9 Å². The van der Waals surface area contributed by atoms with Crippen molar-refractivity contribution in [3.05, 3.63) is 54.1 Å². The van der Waals surface area contributed by atoms with Crippen LogP contribution in [-0.2, 0) is 9.59 Å². The number of nitrogens with one attached hydrogen (secondary N) is 3. The second-order valence-corrected chi connectivity index (χ2v) is 6.96. The number of anilines is 2. The molecule has 3 rings (SSSR count). The Kier molecular flexibility index (Phi) is 5.46. The highest BCUT2D eigenvalue weighted by atomic mass is 32.1. The lowest BCUT2D eigenvalue weighted by atomic mass is 10.2. The zero-order valence-corrected chi connectivity index (χ0v) is 15.6.